The van der Waals surface area contributed by atoms with Gasteiger partial charge in [0.1, 0.15) is 0 Å². The molecule has 0 amide bonds. The zero-order chi connectivity index (χ0) is 9.97. The molecule has 4 heteroatoms. The van der Waals surface area contributed by atoms with Crippen molar-refractivity contribution in [2.45, 2.75) is 13.0 Å². The van der Waals surface area contributed by atoms with E-state index in [1.165, 1.54) is 0 Å². The summed E-state index contributed by atoms with van der Waals surface area (Å²) < 4.78 is 1.08. The molecule has 0 aromatic heterocycles. The Morgan fingerprint density at radius 3 is 3.07 bits per heavy atom. The number of aliphatic imine (C=N–C) groups is 1. The molecule has 0 saturated heterocycles. The molecule has 1 aromatic rings. The van der Waals surface area contributed by atoms with Crippen LogP contribution in [0.5, 0.6) is 0 Å². The van der Waals surface area contributed by atoms with Crippen LogP contribution in [0.3, 0.4) is 0 Å². The molecular formula is C10H11BrN2S. The van der Waals surface area contributed by atoms with E-state index in [9.17, 15) is 0 Å². The van der Waals surface area contributed by atoms with E-state index in [0.29, 0.717) is 6.04 Å². The number of rotatable bonds is 1. The van der Waals surface area contributed by atoms with E-state index in [1.54, 1.807) is 11.8 Å². The summed E-state index contributed by atoms with van der Waals surface area (Å²) in [5.74, 6) is 1.08. The summed E-state index contributed by atoms with van der Waals surface area (Å²) in [7, 11) is 0. The first-order valence-corrected chi connectivity index (χ1v) is 6.25. The zero-order valence-corrected chi connectivity index (χ0v) is 10.2. The minimum Gasteiger partial charge on any atom is -0.335 e. The quantitative estimate of drug-likeness (QED) is 0.847. The van der Waals surface area contributed by atoms with Crippen LogP contribution in [-0.4, -0.2) is 17.0 Å². The molecule has 1 N–H and O–H groups in total. The van der Waals surface area contributed by atoms with Crippen LogP contribution in [0, 0.1) is 0 Å². The predicted molar refractivity (Wildman–Crippen MR) is 67.1 cm³/mol. The summed E-state index contributed by atoms with van der Waals surface area (Å²) in [5, 5.41) is 4.32. The Labute approximate surface area is 96.3 Å². The lowest BCUT2D eigenvalue weighted by atomic mass is 10.3. The van der Waals surface area contributed by atoms with Crippen molar-refractivity contribution in [2.75, 3.05) is 11.1 Å². The molecular weight excluding hydrogens is 260 g/mol. The summed E-state index contributed by atoms with van der Waals surface area (Å²) in [6.45, 7) is 2.13. The Morgan fingerprint density at radius 1 is 1.57 bits per heavy atom. The zero-order valence-electron chi connectivity index (χ0n) is 7.83. The van der Waals surface area contributed by atoms with E-state index in [4.69, 9.17) is 0 Å². The van der Waals surface area contributed by atoms with Crippen LogP contribution in [0.2, 0.25) is 0 Å². The van der Waals surface area contributed by atoms with Crippen molar-refractivity contribution >= 4 is 38.5 Å². The summed E-state index contributed by atoms with van der Waals surface area (Å²) in [5.41, 5.74) is 1.08. The number of nitrogens with one attached hydrogen (secondary N) is 1. The topological polar surface area (TPSA) is 24.4 Å². The third-order valence-electron chi connectivity index (χ3n) is 1.87. The normalized spacial score (nSPS) is 20.7. The molecule has 0 bridgehead atoms. The molecule has 1 atom stereocenters. The van der Waals surface area contributed by atoms with E-state index in [2.05, 4.69) is 33.2 Å². The molecule has 0 fully saturated rings. The Hall–Kier alpha value is -0.480. The van der Waals surface area contributed by atoms with Gasteiger partial charge in [-0.25, -0.2) is 0 Å². The van der Waals surface area contributed by atoms with Gasteiger partial charge in [-0.2, -0.15) is 0 Å². The van der Waals surface area contributed by atoms with Crippen LogP contribution in [0.15, 0.2) is 33.7 Å². The van der Waals surface area contributed by atoms with Crippen LogP contribution in [0.25, 0.3) is 0 Å². The predicted octanol–water partition coefficient (Wildman–Crippen LogP) is 3.35. The highest BCUT2D eigenvalue weighted by Gasteiger charge is 2.13. The third-order valence-corrected chi connectivity index (χ3v) is 3.50. The average Bonchev–Trinajstić information content (AvgIpc) is 2.51. The Kier molecular flexibility index (Phi) is 3.13. The lowest BCUT2D eigenvalue weighted by Crippen LogP contribution is -2.04. The second kappa shape index (κ2) is 4.36. The van der Waals surface area contributed by atoms with Gasteiger partial charge in [0.05, 0.1) is 6.04 Å². The van der Waals surface area contributed by atoms with Gasteiger partial charge in [-0.15, -0.1) is 0 Å². The van der Waals surface area contributed by atoms with Crippen molar-refractivity contribution in [2.24, 2.45) is 4.99 Å². The molecule has 0 spiro atoms. The van der Waals surface area contributed by atoms with Gasteiger partial charge in [0, 0.05) is 15.9 Å². The fourth-order valence-corrected chi connectivity index (χ4v) is 2.55. The van der Waals surface area contributed by atoms with Crippen molar-refractivity contribution < 1.29 is 0 Å². The number of nitrogens with zero attached hydrogens (tertiary/aromatic N) is 1. The Bertz CT molecular complexity index is 365. The number of amidine groups is 1. The minimum absolute atomic E-state index is 0.439. The molecule has 2 rings (SSSR count). The highest BCUT2D eigenvalue weighted by Crippen LogP contribution is 2.21. The maximum atomic E-state index is 4.47. The van der Waals surface area contributed by atoms with E-state index >= 15 is 0 Å². The van der Waals surface area contributed by atoms with Crippen molar-refractivity contribution in [3.05, 3.63) is 28.7 Å². The van der Waals surface area contributed by atoms with Gasteiger partial charge in [0.2, 0.25) is 0 Å². The molecule has 1 heterocycles. The fourth-order valence-electron chi connectivity index (χ4n) is 1.23. The fraction of sp³-hybridized carbons (Fsp3) is 0.300. The van der Waals surface area contributed by atoms with Crippen molar-refractivity contribution in [3.63, 3.8) is 0 Å². The minimum atomic E-state index is 0.439. The lowest BCUT2D eigenvalue weighted by molar-refractivity contribution is 0.865. The van der Waals surface area contributed by atoms with Gasteiger partial charge >= 0.3 is 0 Å². The number of thioether (sulfide) groups is 1. The van der Waals surface area contributed by atoms with E-state index in [-0.39, 0.29) is 0 Å². The maximum absolute atomic E-state index is 4.47. The number of anilines is 1. The Morgan fingerprint density at radius 2 is 2.43 bits per heavy atom. The SMILES string of the molecule is CC1CSC(Nc2cccc(Br)c2)=N1. The van der Waals surface area contributed by atoms with Gasteiger partial charge < -0.3 is 5.32 Å². The molecule has 1 unspecified atom stereocenters. The van der Waals surface area contributed by atoms with Gasteiger partial charge in [-0.3, -0.25) is 4.99 Å². The average molecular weight is 271 g/mol. The first-order chi connectivity index (χ1) is 6.74. The van der Waals surface area contributed by atoms with Gasteiger partial charge in [-0.05, 0) is 25.1 Å². The van der Waals surface area contributed by atoms with Crippen LogP contribution in [0.1, 0.15) is 6.92 Å². The second-order valence-electron chi connectivity index (χ2n) is 3.23. The number of halogens is 1. The first-order valence-electron chi connectivity index (χ1n) is 4.47. The van der Waals surface area contributed by atoms with E-state index in [0.717, 1.165) is 21.1 Å². The van der Waals surface area contributed by atoms with Crippen LogP contribution in [-0.2, 0) is 0 Å². The summed E-state index contributed by atoms with van der Waals surface area (Å²) in [6, 6.07) is 8.55. The van der Waals surface area contributed by atoms with Crippen LogP contribution >= 0.6 is 27.7 Å². The molecule has 2 nitrogen and oxygen atoms in total. The highest BCUT2D eigenvalue weighted by molar-refractivity contribution is 9.10. The van der Waals surface area contributed by atoms with Crippen molar-refractivity contribution in [3.8, 4) is 0 Å². The summed E-state index contributed by atoms with van der Waals surface area (Å²) in [6.07, 6.45) is 0. The summed E-state index contributed by atoms with van der Waals surface area (Å²) >= 11 is 5.21. The lowest BCUT2D eigenvalue weighted by Gasteiger charge is -2.04. The maximum Gasteiger partial charge on any atom is 0.161 e. The van der Waals surface area contributed by atoms with Crippen LogP contribution < -0.4 is 5.32 Å². The number of hydrogen-bond donors (Lipinski definition) is 1. The molecule has 1 aliphatic heterocycles. The van der Waals surface area contributed by atoms with E-state index < -0.39 is 0 Å². The molecule has 1 aromatic carbocycles. The largest absolute Gasteiger partial charge is 0.335 e. The summed E-state index contributed by atoms with van der Waals surface area (Å²) in [4.78, 5) is 4.47. The monoisotopic (exact) mass is 270 g/mol. The number of benzene rings is 1. The van der Waals surface area contributed by atoms with E-state index in [1.807, 2.05) is 24.3 Å². The standard InChI is InChI=1S/C10H11BrN2S/c1-7-6-14-10(12-7)13-9-4-2-3-8(11)5-9/h2-5,7H,6H2,1H3,(H,12,13). The van der Waals surface area contributed by atoms with Gasteiger partial charge in [0.25, 0.3) is 0 Å². The molecule has 74 valence electrons. The second-order valence-corrected chi connectivity index (χ2v) is 5.15. The van der Waals surface area contributed by atoms with Crippen molar-refractivity contribution in [1.82, 2.24) is 0 Å². The Balaban J connectivity index is 2.08. The van der Waals surface area contributed by atoms with Crippen LogP contribution in [0.4, 0.5) is 5.69 Å². The van der Waals surface area contributed by atoms with Gasteiger partial charge in [0.15, 0.2) is 5.17 Å². The molecule has 14 heavy (non-hydrogen) atoms. The van der Waals surface area contributed by atoms with Crippen molar-refractivity contribution in [1.29, 1.82) is 0 Å². The number of hydrogen-bond acceptors (Lipinski definition) is 3. The highest BCUT2D eigenvalue weighted by atomic mass is 79.9. The molecule has 0 saturated carbocycles. The smallest absolute Gasteiger partial charge is 0.161 e. The molecule has 0 aliphatic carbocycles. The molecule has 0 radical (unpaired) electrons. The third kappa shape index (κ3) is 2.51. The first kappa shape index (κ1) is 10.1. The molecule has 1 aliphatic rings. The van der Waals surface area contributed by atoms with Gasteiger partial charge in [-0.1, -0.05) is 33.8 Å².